The summed E-state index contributed by atoms with van der Waals surface area (Å²) in [5.74, 6) is 0. The Morgan fingerprint density at radius 1 is 1.17 bits per heavy atom. The third-order valence-electron chi connectivity index (χ3n) is 6.39. The first-order valence-electron chi connectivity index (χ1n) is 10.6. The van der Waals surface area contributed by atoms with Crippen molar-refractivity contribution in [1.29, 1.82) is 0 Å². The molecular weight excluding hydrogens is 378 g/mol. The molecule has 3 heterocycles. The van der Waals surface area contributed by atoms with Crippen molar-refractivity contribution >= 4 is 17.0 Å². The van der Waals surface area contributed by atoms with E-state index >= 15 is 0 Å². The quantitative estimate of drug-likeness (QED) is 0.710. The molecule has 1 aromatic heterocycles. The van der Waals surface area contributed by atoms with E-state index in [2.05, 4.69) is 53.2 Å². The fraction of sp³-hybridized carbons (Fsp3) is 0.375. The first-order chi connectivity index (χ1) is 14.7. The number of alkyl carbamates (subject to hydrolysis) is 1. The van der Waals surface area contributed by atoms with E-state index in [1.54, 1.807) is 0 Å². The van der Waals surface area contributed by atoms with Gasteiger partial charge in [0.2, 0.25) is 0 Å². The monoisotopic (exact) mass is 405 g/mol. The molecule has 6 nitrogen and oxygen atoms in total. The maximum Gasteiger partial charge on any atom is 0.407 e. The average molecular weight is 405 g/mol. The molecule has 6 heteroatoms. The summed E-state index contributed by atoms with van der Waals surface area (Å²) in [7, 11) is 2.09. The van der Waals surface area contributed by atoms with Gasteiger partial charge in [0.15, 0.2) is 0 Å². The molecule has 2 aliphatic rings. The van der Waals surface area contributed by atoms with E-state index < -0.39 is 6.09 Å². The number of ether oxygens (including phenoxy) is 1. The van der Waals surface area contributed by atoms with Crippen LogP contribution in [0.5, 0.6) is 0 Å². The maximum absolute atomic E-state index is 12.7. The van der Waals surface area contributed by atoms with Crippen molar-refractivity contribution in [2.75, 3.05) is 6.54 Å². The number of para-hydroxylation sites is 1. The predicted octanol–water partition coefficient (Wildman–Crippen LogP) is 4.10. The highest BCUT2D eigenvalue weighted by molar-refractivity contribution is 5.86. The molecule has 5 rings (SSSR count). The molecule has 0 spiro atoms. The molecule has 1 N–H and O–H groups in total. The van der Waals surface area contributed by atoms with E-state index in [-0.39, 0.29) is 24.8 Å². The van der Waals surface area contributed by atoms with Crippen LogP contribution in [-0.4, -0.2) is 34.4 Å². The minimum atomic E-state index is -0.404. The number of nitrogens with zero attached hydrogens (tertiary/aromatic N) is 2. The molecule has 2 aliphatic heterocycles. The third kappa shape index (κ3) is 3.16. The zero-order valence-corrected chi connectivity index (χ0v) is 17.4. The zero-order chi connectivity index (χ0) is 20.7. The van der Waals surface area contributed by atoms with E-state index in [1.807, 2.05) is 30.3 Å². The van der Waals surface area contributed by atoms with E-state index in [0.717, 1.165) is 30.6 Å². The van der Waals surface area contributed by atoms with E-state index in [0.29, 0.717) is 0 Å². The Balaban J connectivity index is 1.42. The lowest BCUT2D eigenvalue weighted by Crippen LogP contribution is -2.47. The predicted molar refractivity (Wildman–Crippen MR) is 115 cm³/mol. The van der Waals surface area contributed by atoms with Crippen LogP contribution < -0.4 is 5.32 Å². The van der Waals surface area contributed by atoms with Gasteiger partial charge in [-0.1, -0.05) is 55.5 Å². The first kappa shape index (κ1) is 19.2. The van der Waals surface area contributed by atoms with E-state index in [1.165, 1.54) is 16.5 Å². The Labute approximate surface area is 176 Å². The van der Waals surface area contributed by atoms with Gasteiger partial charge in [-0.3, -0.25) is 4.84 Å². The molecule has 156 valence electrons. The smallest absolute Gasteiger partial charge is 0.407 e. The normalized spacial score (nSPS) is 25.0. The standard InChI is InChI=1S/C24H27N3O3/c1-3-19-21(25-24(28)29-15-16-9-5-4-6-10-16)23-22-18(13-14-27(19)30-23)17-11-7-8-12-20(17)26(22)2/h4-12,19,21,23H,3,13-15H2,1-2H3,(H,25,28)/t19-,21+,23+/m1/s1. The minimum Gasteiger partial charge on any atom is -0.445 e. The van der Waals surface area contributed by atoms with Gasteiger partial charge in [-0.25, -0.2) is 4.79 Å². The number of aryl methyl sites for hydroxylation is 1. The van der Waals surface area contributed by atoms with Crippen molar-refractivity contribution in [3.8, 4) is 0 Å². The number of rotatable bonds is 4. The van der Waals surface area contributed by atoms with Gasteiger partial charge in [-0.15, -0.1) is 0 Å². The van der Waals surface area contributed by atoms with Crippen molar-refractivity contribution in [2.24, 2.45) is 7.05 Å². The summed E-state index contributed by atoms with van der Waals surface area (Å²) in [5, 5.41) is 6.45. The van der Waals surface area contributed by atoms with Crippen molar-refractivity contribution in [2.45, 2.75) is 44.6 Å². The SMILES string of the molecule is CC[C@@H]1[C@H](NC(=O)OCc2ccccc2)[C@@H]2ON1CCc1c2n(C)c2ccccc12. The van der Waals surface area contributed by atoms with Crippen LogP contribution in [0, 0.1) is 0 Å². The van der Waals surface area contributed by atoms with Gasteiger partial charge in [0.05, 0.1) is 17.8 Å². The summed E-state index contributed by atoms with van der Waals surface area (Å²) >= 11 is 0. The molecule has 1 amide bonds. The molecule has 1 saturated heterocycles. The second kappa shape index (κ2) is 7.78. The lowest BCUT2D eigenvalue weighted by Gasteiger charge is -2.27. The van der Waals surface area contributed by atoms with Crippen LogP contribution in [0.1, 0.15) is 36.3 Å². The number of carbonyl (C=O) groups is 1. The molecule has 1 unspecified atom stereocenters. The van der Waals surface area contributed by atoms with E-state index in [9.17, 15) is 4.79 Å². The van der Waals surface area contributed by atoms with Crippen molar-refractivity contribution in [1.82, 2.24) is 14.9 Å². The summed E-state index contributed by atoms with van der Waals surface area (Å²) in [6.07, 6.45) is 1.20. The second-order valence-electron chi connectivity index (χ2n) is 8.06. The molecule has 2 aromatic carbocycles. The number of carbonyl (C=O) groups excluding carboxylic acids is 1. The van der Waals surface area contributed by atoms with Gasteiger partial charge in [0.1, 0.15) is 12.7 Å². The number of aromatic nitrogens is 1. The lowest BCUT2D eigenvalue weighted by atomic mass is 9.93. The van der Waals surface area contributed by atoms with Crippen LogP contribution in [0.2, 0.25) is 0 Å². The summed E-state index contributed by atoms with van der Waals surface area (Å²) < 4.78 is 7.73. The fourth-order valence-corrected chi connectivity index (χ4v) is 4.98. The van der Waals surface area contributed by atoms with Crippen LogP contribution in [0.4, 0.5) is 4.79 Å². The van der Waals surface area contributed by atoms with Gasteiger partial charge < -0.3 is 14.6 Å². The Morgan fingerprint density at radius 2 is 1.93 bits per heavy atom. The molecule has 4 atom stereocenters. The number of hydrogen-bond donors (Lipinski definition) is 1. The largest absolute Gasteiger partial charge is 0.445 e. The summed E-state index contributed by atoms with van der Waals surface area (Å²) in [6, 6.07) is 18.1. The van der Waals surface area contributed by atoms with E-state index in [4.69, 9.17) is 9.57 Å². The number of hydrogen-bond acceptors (Lipinski definition) is 4. The molecule has 0 radical (unpaired) electrons. The highest BCUT2D eigenvalue weighted by Gasteiger charge is 2.48. The third-order valence-corrected chi connectivity index (χ3v) is 6.39. The first-order valence-corrected chi connectivity index (χ1v) is 10.6. The Hall–Kier alpha value is -2.83. The highest BCUT2D eigenvalue weighted by atomic mass is 16.7. The zero-order valence-electron chi connectivity index (χ0n) is 17.4. The van der Waals surface area contributed by atoms with Crippen molar-refractivity contribution in [3.05, 3.63) is 71.4 Å². The van der Waals surface area contributed by atoms with Crippen LogP contribution in [0.3, 0.4) is 0 Å². The number of nitrogens with one attached hydrogen (secondary N) is 1. The van der Waals surface area contributed by atoms with Crippen molar-refractivity contribution in [3.63, 3.8) is 0 Å². The van der Waals surface area contributed by atoms with Crippen LogP contribution in [0.25, 0.3) is 10.9 Å². The molecule has 0 aliphatic carbocycles. The van der Waals surface area contributed by atoms with Gasteiger partial charge in [0.25, 0.3) is 0 Å². The molecule has 3 aromatic rings. The minimum absolute atomic E-state index is 0.116. The van der Waals surface area contributed by atoms with Crippen LogP contribution >= 0.6 is 0 Å². The molecule has 1 fully saturated rings. The fourth-order valence-electron chi connectivity index (χ4n) is 4.98. The number of amides is 1. The van der Waals surface area contributed by atoms with Gasteiger partial charge in [0, 0.05) is 24.5 Å². The molecular formula is C24H27N3O3. The molecule has 2 bridgehead atoms. The molecule has 0 saturated carbocycles. The summed E-state index contributed by atoms with van der Waals surface area (Å²) in [4.78, 5) is 19.0. The highest BCUT2D eigenvalue weighted by Crippen LogP contribution is 2.42. The number of hydroxylamine groups is 2. The Bertz CT molecular complexity index is 1060. The van der Waals surface area contributed by atoms with Crippen LogP contribution in [-0.2, 0) is 29.6 Å². The van der Waals surface area contributed by atoms with Crippen molar-refractivity contribution < 1.29 is 14.4 Å². The summed E-state index contributed by atoms with van der Waals surface area (Å²) in [6.45, 7) is 3.20. The number of benzene rings is 2. The topological polar surface area (TPSA) is 55.7 Å². The maximum atomic E-state index is 12.7. The summed E-state index contributed by atoms with van der Waals surface area (Å²) in [5.41, 5.74) is 4.64. The van der Waals surface area contributed by atoms with Gasteiger partial charge in [-0.2, -0.15) is 5.06 Å². The Morgan fingerprint density at radius 3 is 2.73 bits per heavy atom. The van der Waals surface area contributed by atoms with Gasteiger partial charge in [-0.05, 0) is 30.0 Å². The second-order valence-corrected chi connectivity index (χ2v) is 8.06. The molecule has 30 heavy (non-hydrogen) atoms. The van der Waals surface area contributed by atoms with Crippen LogP contribution in [0.15, 0.2) is 54.6 Å². The number of fused-ring (bicyclic) bond motifs is 6. The van der Waals surface area contributed by atoms with Gasteiger partial charge >= 0.3 is 6.09 Å². The Kier molecular flexibility index (Phi) is 4.97. The lowest BCUT2D eigenvalue weighted by molar-refractivity contribution is -0.161. The average Bonchev–Trinajstić information content (AvgIpc) is 3.16.